The highest BCUT2D eigenvalue weighted by Crippen LogP contribution is 2.53. The fourth-order valence-electron chi connectivity index (χ4n) is 5.41. The van der Waals surface area contributed by atoms with Crippen LogP contribution in [-0.2, 0) is 11.2 Å². The molecule has 0 amide bonds. The number of aromatic nitrogens is 3. The summed E-state index contributed by atoms with van der Waals surface area (Å²) < 4.78 is 25.0. The van der Waals surface area contributed by atoms with Crippen molar-refractivity contribution < 1.29 is 23.0 Å². The topological polar surface area (TPSA) is 99.1 Å². The standard InChI is InChI=1S/C28H23ClFN3O4.H2S/c1-15-32-27(33-36-15)26-21(12-19(29)13-22(26)30)17-4-5-20-16(10-17)2-3-18(20)11-25(35)28(7-8-28)14-23(34)24-6-9-31-37-24;/h4-6,9-10,12-13,18H,2-3,7-8,11,14H2,1H3;1H2/t18-;/m1./s1. The van der Waals surface area contributed by atoms with E-state index in [9.17, 15) is 14.0 Å². The molecule has 0 radical (unpaired) electrons. The van der Waals surface area contributed by atoms with Crippen LogP contribution in [0, 0.1) is 18.2 Å². The molecule has 0 N–H and O–H groups in total. The molecule has 2 aromatic heterocycles. The van der Waals surface area contributed by atoms with Crippen LogP contribution in [0.4, 0.5) is 4.39 Å². The minimum atomic E-state index is -0.581. The van der Waals surface area contributed by atoms with Gasteiger partial charge in [0.1, 0.15) is 11.6 Å². The van der Waals surface area contributed by atoms with Crippen molar-refractivity contribution in [2.24, 2.45) is 5.41 Å². The molecule has 38 heavy (non-hydrogen) atoms. The largest absolute Gasteiger partial charge is 0.353 e. The Morgan fingerprint density at radius 2 is 1.97 bits per heavy atom. The van der Waals surface area contributed by atoms with E-state index in [1.165, 1.54) is 18.3 Å². The normalized spacial score (nSPS) is 17.1. The van der Waals surface area contributed by atoms with Crippen LogP contribution < -0.4 is 0 Å². The summed E-state index contributed by atoms with van der Waals surface area (Å²) in [6, 6.07) is 10.4. The molecular formula is C28H25ClFN3O4S. The summed E-state index contributed by atoms with van der Waals surface area (Å²) in [6.07, 6.45) is 5.10. The predicted octanol–water partition coefficient (Wildman–Crippen LogP) is 6.65. The molecule has 2 aliphatic carbocycles. The second-order valence-electron chi connectivity index (χ2n) is 9.98. The van der Waals surface area contributed by atoms with E-state index in [2.05, 4.69) is 15.3 Å². The van der Waals surface area contributed by atoms with Gasteiger partial charge in [-0.15, -0.1) is 0 Å². The average molecular weight is 554 g/mol. The van der Waals surface area contributed by atoms with Crippen molar-refractivity contribution in [1.82, 2.24) is 15.3 Å². The third-order valence-electron chi connectivity index (χ3n) is 7.55. The van der Waals surface area contributed by atoms with E-state index in [-0.39, 0.29) is 59.6 Å². The SMILES string of the molecule is Cc1nc(-c2c(F)cc(Cl)cc2-c2ccc3c(c2)CC[C@@H]3CC(=O)C2(CC(=O)c3ccno3)CC2)no1.S. The van der Waals surface area contributed by atoms with Crippen LogP contribution in [-0.4, -0.2) is 26.9 Å². The van der Waals surface area contributed by atoms with Gasteiger partial charge in [0, 0.05) is 36.3 Å². The number of aryl methyl sites for hydroxylation is 2. The quantitative estimate of drug-likeness (QED) is 0.225. The van der Waals surface area contributed by atoms with E-state index in [0.29, 0.717) is 17.9 Å². The lowest BCUT2D eigenvalue weighted by molar-refractivity contribution is -0.124. The van der Waals surface area contributed by atoms with Gasteiger partial charge in [-0.25, -0.2) is 4.39 Å². The highest BCUT2D eigenvalue weighted by molar-refractivity contribution is 7.59. The molecule has 2 heterocycles. The highest BCUT2D eigenvalue weighted by Gasteiger charge is 2.51. The Morgan fingerprint density at radius 1 is 1.16 bits per heavy atom. The summed E-state index contributed by atoms with van der Waals surface area (Å²) in [7, 11) is 0. The van der Waals surface area contributed by atoms with Crippen molar-refractivity contribution in [2.75, 3.05) is 0 Å². The fourth-order valence-corrected chi connectivity index (χ4v) is 5.62. The number of ketones is 2. The van der Waals surface area contributed by atoms with Gasteiger partial charge in [0.2, 0.25) is 23.3 Å². The second kappa shape index (κ2) is 10.1. The van der Waals surface area contributed by atoms with Gasteiger partial charge >= 0.3 is 0 Å². The van der Waals surface area contributed by atoms with E-state index in [1.807, 2.05) is 18.2 Å². The molecule has 0 spiro atoms. The smallest absolute Gasteiger partial charge is 0.223 e. The van der Waals surface area contributed by atoms with E-state index < -0.39 is 11.2 Å². The predicted molar refractivity (Wildman–Crippen MR) is 143 cm³/mol. The van der Waals surface area contributed by atoms with Crippen LogP contribution in [0.25, 0.3) is 22.5 Å². The molecule has 196 valence electrons. The van der Waals surface area contributed by atoms with Crippen molar-refractivity contribution in [1.29, 1.82) is 0 Å². The first-order valence-electron chi connectivity index (χ1n) is 12.2. The van der Waals surface area contributed by atoms with Gasteiger partial charge in [0.05, 0.1) is 11.8 Å². The minimum absolute atomic E-state index is 0. The van der Waals surface area contributed by atoms with E-state index in [1.54, 1.807) is 13.0 Å². The fraction of sp³-hybridized carbons (Fsp3) is 0.321. The van der Waals surface area contributed by atoms with Gasteiger partial charge in [-0.3, -0.25) is 9.59 Å². The first-order chi connectivity index (χ1) is 17.8. The van der Waals surface area contributed by atoms with Crippen LogP contribution >= 0.6 is 25.1 Å². The van der Waals surface area contributed by atoms with Gasteiger partial charge in [0.25, 0.3) is 0 Å². The molecule has 4 aromatic rings. The van der Waals surface area contributed by atoms with E-state index in [0.717, 1.165) is 42.4 Å². The molecule has 2 aliphatic rings. The minimum Gasteiger partial charge on any atom is -0.353 e. The maximum absolute atomic E-state index is 15.0. The number of benzene rings is 2. The van der Waals surface area contributed by atoms with E-state index in [4.69, 9.17) is 20.6 Å². The number of hydrogen-bond acceptors (Lipinski definition) is 7. The monoisotopic (exact) mass is 553 g/mol. The lowest BCUT2D eigenvalue weighted by atomic mass is 9.85. The Bertz CT molecular complexity index is 1530. The molecule has 1 atom stereocenters. The summed E-state index contributed by atoms with van der Waals surface area (Å²) in [4.78, 5) is 30.0. The Kier molecular flexibility index (Phi) is 7.00. The number of carbonyl (C=O) groups excluding carboxylic acids is 2. The van der Waals surface area contributed by atoms with Gasteiger partial charge in [-0.2, -0.15) is 18.5 Å². The Morgan fingerprint density at radius 3 is 2.66 bits per heavy atom. The first-order valence-corrected chi connectivity index (χ1v) is 12.6. The summed E-state index contributed by atoms with van der Waals surface area (Å²) >= 11 is 6.20. The third kappa shape index (κ3) is 4.80. The zero-order valence-corrected chi connectivity index (χ0v) is 22.3. The molecule has 0 aliphatic heterocycles. The number of fused-ring (bicyclic) bond motifs is 1. The van der Waals surface area contributed by atoms with Crippen molar-refractivity contribution in [3.8, 4) is 22.5 Å². The molecular weight excluding hydrogens is 529 g/mol. The summed E-state index contributed by atoms with van der Waals surface area (Å²) in [5.41, 5.74) is 3.26. The maximum Gasteiger partial charge on any atom is 0.223 e. The summed E-state index contributed by atoms with van der Waals surface area (Å²) in [5.74, 6) is 0.223. The van der Waals surface area contributed by atoms with Gasteiger partial charge < -0.3 is 9.05 Å². The van der Waals surface area contributed by atoms with Gasteiger partial charge in [-0.05, 0) is 66.0 Å². The lowest BCUT2D eigenvalue weighted by Gasteiger charge is -2.17. The summed E-state index contributed by atoms with van der Waals surface area (Å²) in [5, 5.41) is 7.77. The molecule has 1 fully saturated rings. The highest BCUT2D eigenvalue weighted by atomic mass is 35.5. The maximum atomic E-state index is 15.0. The molecule has 2 aromatic carbocycles. The Hall–Kier alpha value is -3.30. The van der Waals surface area contributed by atoms with Crippen molar-refractivity contribution in [3.05, 3.63) is 76.2 Å². The number of rotatable bonds is 8. The second-order valence-corrected chi connectivity index (χ2v) is 10.4. The van der Waals surface area contributed by atoms with Crippen LogP contribution in [0.5, 0.6) is 0 Å². The van der Waals surface area contributed by atoms with Gasteiger partial charge in [-0.1, -0.05) is 40.1 Å². The lowest BCUT2D eigenvalue weighted by Crippen LogP contribution is -2.21. The number of halogens is 2. The molecule has 0 unspecified atom stereocenters. The van der Waals surface area contributed by atoms with Crippen molar-refractivity contribution in [3.63, 3.8) is 0 Å². The van der Waals surface area contributed by atoms with E-state index >= 15 is 0 Å². The number of hydrogen-bond donors (Lipinski definition) is 0. The average Bonchev–Trinajstić information content (AvgIpc) is 3.24. The first kappa shape index (κ1) is 26.3. The Balaban J connectivity index is 0.00000294. The molecule has 0 saturated heterocycles. The molecule has 1 saturated carbocycles. The molecule has 6 rings (SSSR count). The van der Waals surface area contributed by atoms with Crippen molar-refractivity contribution in [2.45, 2.75) is 51.4 Å². The van der Waals surface area contributed by atoms with Crippen molar-refractivity contribution >= 4 is 36.7 Å². The van der Waals surface area contributed by atoms with Gasteiger partial charge in [0.15, 0.2) is 0 Å². The van der Waals surface area contributed by atoms with Crippen LogP contribution in [0.15, 0.2) is 51.6 Å². The third-order valence-corrected chi connectivity index (χ3v) is 7.77. The van der Waals surface area contributed by atoms with Crippen LogP contribution in [0.1, 0.15) is 65.6 Å². The molecule has 10 heteroatoms. The van der Waals surface area contributed by atoms with Crippen LogP contribution in [0.2, 0.25) is 5.02 Å². The number of carbonyl (C=O) groups is 2. The Labute approximate surface area is 230 Å². The number of Topliss-reactive ketones (excluding diaryl/α,β-unsaturated/α-hetero) is 2. The molecule has 0 bridgehead atoms. The molecule has 7 nitrogen and oxygen atoms in total. The zero-order chi connectivity index (χ0) is 25.7. The summed E-state index contributed by atoms with van der Waals surface area (Å²) in [6.45, 7) is 1.65. The zero-order valence-electron chi connectivity index (χ0n) is 20.6. The number of nitrogens with zero attached hydrogens (tertiary/aromatic N) is 3. The van der Waals surface area contributed by atoms with Crippen LogP contribution in [0.3, 0.4) is 0 Å².